The fourth-order valence-electron chi connectivity index (χ4n) is 3.66. The molecule has 7 heteroatoms. The van der Waals surface area contributed by atoms with Crippen LogP contribution in [0.1, 0.15) is 37.3 Å². The van der Waals surface area contributed by atoms with E-state index >= 15 is 0 Å². The van der Waals surface area contributed by atoms with Crippen molar-refractivity contribution in [2.45, 2.75) is 31.7 Å². The van der Waals surface area contributed by atoms with Gasteiger partial charge in [-0.25, -0.2) is 18.0 Å². The summed E-state index contributed by atoms with van der Waals surface area (Å²) in [6, 6.07) is 8.97. The van der Waals surface area contributed by atoms with Gasteiger partial charge in [-0.2, -0.15) is 5.26 Å². The third kappa shape index (κ3) is 3.35. The van der Waals surface area contributed by atoms with Gasteiger partial charge in [-0.15, -0.1) is 0 Å². The quantitative estimate of drug-likeness (QED) is 0.824. The molecule has 3 rings (SSSR count). The predicted octanol–water partition coefficient (Wildman–Crippen LogP) is 4.78. The first-order chi connectivity index (χ1) is 12.8. The van der Waals surface area contributed by atoms with Gasteiger partial charge in [-0.05, 0) is 38.0 Å². The SMILES string of the molecule is CC1(C)C(c2ccccc2F)CCN1C(=O)Nc1cc(C#N)c(F)cc1F. The minimum atomic E-state index is -0.992. The number of nitriles is 1. The zero-order valence-corrected chi connectivity index (χ0v) is 14.9. The van der Waals surface area contributed by atoms with E-state index in [-0.39, 0.29) is 23.0 Å². The molecule has 1 aliphatic heterocycles. The van der Waals surface area contributed by atoms with Crippen LogP contribution in [0.25, 0.3) is 0 Å². The molecule has 2 aromatic carbocycles. The second-order valence-corrected chi connectivity index (χ2v) is 7.02. The highest BCUT2D eigenvalue weighted by atomic mass is 19.1. The minimum Gasteiger partial charge on any atom is -0.319 e. The van der Waals surface area contributed by atoms with E-state index in [1.165, 1.54) is 11.0 Å². The van der Waals surface area contributed by atoms with Crippen molar-refractivity contribution in [3.63, 3.8) is 0 Å². The van der Waals surface area contributed by atoms with E-state index in [1.807, 2.05) is 13.8 Å². The van der Waals surface area contributed by atoms with Crippen molar-refractivity contribution in [3.05, 3.63) is 65.0 Å². The molecule has 1 atom stereocenters. The lowest BCUT2D eigenvalue weighted by Crippen LogP contribution is -2.47. The van der Waals surface area contributed by atoms with Gasteiger partial charge in [0.1, 0.15) is 23.5 Å². The number of anilines is 1. The molecule has 0 bridgehead atoms. The molecule has 0 spiro atoms. The Bertz CT molecular complexity index is 937. The molecule has 0 aliphatic carbocycles. The summed E-state index contributed by atoms with van der Waals surface area (Å²) in [6.07, 6.45) is 0.552. The first-order valence-corrected chi connectivity index (χ1v) is 8.48. The van der Waals surface area contributed by atoms with Gasteiger partial charge in [0.05, 0.1) is 11.3 Å². The summed E-state index contributed by atoms with van der Waals surface area (Å²) in [6.45, 7) is 3.99. The van der Waals surface area contributed by atoms with Crippen LogP contribution in [-0.2, 0) is 0 Å². The van der Waals surface area contributed by atoms with Crippen LogP contribution >= 0.6 is 0 Å². The van der Waals surface area contributed by atoms with Crippen LogP contribution in [0.3, 0.4) is 0 Å². The molecule has 1 N–H and O–H groups in total. The van der Waals surface area contributed by atoms with Crippen LogP contribution in [0.15, 0.2) is 36.4 Å². The summed E-state index contributed by atoms with van der Waals surface area (Å²) in [7, 11) is 0. The molecule has 140 valence electrons. The second kappa shape index (κ2) is 6.95. The van der Waals surface area contributed by atoms with Crippen LogP contribution in [-0.4, -0.2) is 23.0 Å². The van der Waals surface area contributed by atoms with Gasteiger partial charge >= 0.3 is 6.03 Å². The fourth-order valence-corrected chi connectivity index (χ4v) is 3.66. The molecule has 0 radical (unpaired) electrons. The van der Waals surface area contributed by atoms with Gasteiger partial charge in [-0.3, -0.25) is 0 Å². The number of benzene rings is 2. The summed E-state index contributed by atoms with van der Waals surface area (Å²) < 4.78 is 41.6. The highest BCUT2D eigenvalue weighted by Gasteiger charge is 2.45. The lowest BCUT2D eigenvalue weighted by molar-refractivity contribution is 0.170. The van der Waals surface area contributed by atoms with E-state index in [2.05, 4.69) is 5.32 Å². The van der Waals surface area contributed by atoms with Gasteiger partial charge in [0.2, 0.25) is 0 Å². The lowest BCUT2D eigenvalue weighted by atomic mass is 9.82. The number of halogens is 3. The fraction of sp³-hybridized carbons (Fsp3) is 0.300. The standard InChI is InChI=1S/C20H18F3N3O/c1-20(2)14(13-5-3-4-6-15(13)21)7-8-26(20)19(27)25-18-9-12(11-24)16(22)10-17(18)23/h3-6,9-10,14H,7-8H2,1-2H3,(H,25,27). The molecule has 2 aromatic rings. The molecule has 1 unspecified atom stereocenters. The molecule has 2 amide bonds. The molecule has 1 fully saturated rings. The van der Waals surface area contributed by atoms with E-state index < -0.39 is 23.2 Å². The zero-order chi connectivity index (χ0) is 19.8. The maximum Gasteiger partial charge on any atom is 0.322 e. The molecule has 1 aliphatic rings. The summed E-state index contributed by atoms with van der Waals surface area (Å²) in [5, 5.41) is 11.3. The van der Waals surface area contributed by atoms with Gasteiger partial charge in [0.25, 0.3) is 0 Å². The van der Waals surface area contributed by atoms with Crippen molar-refractivity contribution >= 4 is 11.7 Å². The van der Waals surface area contributed by atoms with Gasteiger partial charge in [0, 0.05) is 24.1 Å². The van der Waals surface area contributed by atoms with Crippen LogP contribution in [0.4, 0.5) is 23.7 Å². The highest BCUT2D eigenvalue weighted by molar-refractivity contribution is 5.90. The van der Waals surface area contributed by atoms with Crippen molar-refractivity contribution in [3.8, 4) is 6.07 Å². The van der Waals surface area contributed by atoms with Gasteiger partial charge in [0.15, 0.2) is 0 Å². The Morgan fingerprint density at radius 2 is 1.89 bits per heavy atom. The van der Waals surface area contributed by atoms with Crippen molar-refractivity contribution in [2.75, 3.05) is 11.9 Å². The topological polar surface area (TPSA) is 56.1 Å². The van der Waals surface area contributed by atoms with E-state index in [0.29, 0.717) is 24.6 Å². The summed E-state index contributed by atoms with van der Waals surface area (Å²) in [5.74, 6) is -2.52. The Balaban J connectivity index is 1.85. The number of rotatable bonds is 2. The number of amides is 2. The molecule has 27 heavy (non-hydrogen) atoms. The van der Waals surface area contributed by atoms with Gasteiger partial charge < -0.3 is 10.2 Å². The number of carbonyl (C=O) groups excluding carboxylic acids is 1. The second-order valence-electron chi connectivity index (χ2n) is 7.02. The van der Waals surface area contributed by atoms with E-state index in [1.54, 1.807) is 24.3 Å². The monoisotopic (exact) mass is 373 g/mol. The Morgan fingerprint density at radius 3 is 2.56 bits per heavy atom. The van der Waals surface area contributed by atoms with Crippen molar-refractivity contribution in [1.82, 2.24) is 4.90 Å². The molecule has 0 saturated carbocycles. The van der Waals surface area contributed by atoms with E-state index in [4.69, 9.17) is 5.26 Å². The molecule has 1 saturated heterocycles. The Morgan fingerprint density at radius 1 is 1.19 bits per heavy atom. The third-order valence-electron chi connectivity index (χ3n) is 5.13. The largest absolute Gasteiger partial charge is 0.322 e. The Kier molecular flexibility index (Phi) is 4.83. The summed E-state index contributed by atoms with van der Waals surface area (Å²) in [5.41, 5.74) is -0.835. The molecular weight excluding hydrogens is 355 g/mol. The maximum absolute atomic E-state index is 14.2. The first-order valence-electron chi connectivity index (χ1n) is 8.48. The summed E-state index contributed by atoms with van der Waals surface area (Å²) >= 11 is 0. The maximum atomic E-state index is 14.2. The number of hydrogen-bond acceptors (Lipinski definition) is 2. The van der Waals surface area contributed by atoms with Crippen molar-refractivity contribution < 1.29 is 18.0 Å². The molecule has 4 nitrogen and oxygen atoms in total. The van der Waals surface area contributed by atoms with Crippen LogP contribution in [0.5, 0.6) is 0 Å². The average Bonchev–Trinajstić information content (AvgIpc) is 2.92. The number of nitrogens with zero attached hydrogens (tertiary/aromatic N) is 2. The number of carbonyl (C=O) groups is 1. The zero-order valence-electron chi connectivity index (χ0n) is 14.9. The minimum absolute atomic E-state index is 0.225. The number of likely N-dealkylation sites (tertiary alicyclic amines) is 1. The molecule has 0 aromatic heterocycles. The first kappa shape index (κ1) is 18.8. The van der Waals surface area contributed by atoms with E-state index in [9.17, 15) is 18.0 Å². The van der Waals surface area contributed by atoms with Crippen LogP contribution in [0, 0.1) is 28.8 Å². The van der Waals surface area contributed by atoms with E-state index in [0.717, 1.165) is 6.07 Å². The predicted molar refractivity (Wildman–Crippen MR) is 94.6 cm³/mol. The summed E-state index contributed by atoms with van der Waals surface area (Å²) in [4.78, 5) is 14.2. The Labute approximate surface area is 155 Å². The Hall–Kier alpha value is -3.01. The van der Waals surface area contributed by atoms with Crippen LogP contribution in [0.2, 0.25) is 0 Å². The third-order valence-corrected chi connectivity index (χ3v) is 5.13. The van der Waals surface area contributed by atoms with Gasteiger partial charge in [-0.1, -0.05) is 18.2 Å². The normalized spacial score (nSPS) is 18.2. The number of nitrogens with one attached hydrogen (secondary N) is 1. The smallest absolute Gasteiger partial charge is 0.319 e. The average molecular weight is 373 g/mol. The van der Waals surface area contributed by atoms with Crippen molar-refractivity contribution in [2.24, 2.45) is 0 Å². The van der Waals surface area contributed by atoms with Crippen LogP contribution < -0.4 is 5.32 Å². The van der Waals surface area contributed by atoms with Crippen molar-refractivity contribution in [1.29, 1.82) is 5.26 Å². The molecular formula is C20H18F3N3O. The molecule has 1 heterocycles. The highest BCUT2D eigenvalue weighted by Crippen LogP contribution is 2.42. The lowest BCUT2D eigenvalue weighted by Gasteiger charge is -2.36. The number of urea groups is 1. The number of hydrogen-bond donors (Lipinski definition) is 1.